The number of rotatable bonds is 6. The van der Waals surface area contributed by atoms with Crippen LogP contribution in [0.5, 0.6) is 0 Å². The minimum atomic E-state index is -0.263. The molecule has 1 aliphatic heterocycles. The Morgan fingerprint density at radius 1 is 1.09 bits per heavy atom. The minimum absolute atomic E-state index is 0.0382. The van der Waals surface area contributed by atoms with Crippen LogP contribution in [0.3, 0.4) is 0 Å². The van der Waals surface area contributed by atoms with E-state index >= 15 is 0 Å². The molecule has 4 heterocycles. The van der Waals surface area contributed by atoms with E-state index < -0.39 is 0 Å². The molecule has 1 aromatic carbocycles. The number of aromatic nitrogens is 4. The van der Waals surface area contributed by atoms with Crippen molar-refractivity contribution < 1.29 is 9.13 Å². The number of benzene rings is 1. The highest BCUT2D eigenvalue weighted by Crippen LogP contribution is 2.34. The van der Waals surface area contributed by atoms with Crippen molar-refractivity contribution in [3.8, 4) is 22.4 Å². The van der Waals surface area contributed by atoms with Gasteiger partial charge in [-0.2, -0.15) is 9.61 Å². The molecule has 1 unspecified atom stereocenters. The van der Waals surface area contributed by atoms with Crippen LogP contribution in [-0.2, 0) is 4.74 Å². The Balaban J connectivity index is 1.50. The first kappa shape index (κ1) is 22.9. The van der Waals surface area contributed by atoms with Crippen LogP contribution in [-0.4, -0.2) is 45.9 Å². The van der Waals surface area contributed by atoms with Crippen LogP contribution in [0.15, 0.2) is 53.3 Å². The van der Waals surface area contributed by atoms with Crippen molar-refractivity contribution in [3.05, 3.63) is 64.8 Å². The van der Waals surface area contributed by atoms with Gasteiger partial charge < -0.3 is 15.4 Å². The number of ether oxygens (including phenoxy) is 1. The van der Waals surface area contributed by atoms with Gasteiger partial charge in [0.2, 0.25) is 0 Å². The monoisotopic (exact) mass is 524 g/mol. The normalized spacial score (nSPS) is 15.5. The van der Waals surface area contributed by atoms with Gasteiger partial charge in [0.05, 0.1) is 22.1 Å². The van der Waals surface area contributed by atoms with Crippen molar-refractivity contribution in [1.29, 1.82) is 0 Å². The molecule has 0 spiro atoms. The Labute approximate surface area is 205 Å². The lowest BCUT2D eigenvalue weighted by Gasteiger charge is -2.27. The molecule has 0 amide bonds. The third kappa shape index (κ3) is 4.43. The summed E-state index contributed by atoms with van der Waals surface area (Å²) in [7, 11) is 1.88. The van der Waals surface area contributed by atoms with Crippen LogP contribution in [0.4, 0.5) is 10.2 Å². The number of anilines is 1. The molecule has 5 rings (SSSR count). The fourth-order valence-corrected chi connectivity index (χ4v) is 5.14. The molecule has 1 atom stereocenters. The summed E-state index contributed by atoms with van der Waals surface area (Å²) in [6, 6.07) is 10.7. The van der Waals surface area contributed by atoms with E-state index in [4.69, 9.17) is 9.72 Å². The Morgan fingerprint density at radius 3 is 2.50 bits per heavy atom. The molecule has 3 aromatic heterocycles. The fraction of sp³-hybridized carbons (Fsp3) is 0.320. The van der Waals surface area contributed by atoms with E-state index in [0.29, 0.717) is 6.04 Å². The van der Waals surface area contributed by atoms with Crippen molar-refractivity contribution in [3.63, 3.8) is 0 Å². The van der Waals surface area contributed by atoms with Gasteiger partial charge in [-0.15, -0.1) is 0 Å². The number of nitrogens with one attached hydrogen (secondary N) is 2. The van der Waals surface area contributed by atoms with E-state index in [-0.39, 0.29) is 11.9 Å². The highest BCUT2D eigenvalue weighted by molar-refractivity contribution is 9.10. The van der Waals surface area contributed by atoms with E-state index in [2.05, 4.69) is 43.6 Å². The molecule has 176 valence electrons. The molecule has 2 N–H and O–H groups in total. The topological polar surface area (TPSA) is 76.4 Å². The van der Waals surface area contributed by atoms with E-state index in [1.165, 1.54) is 12.1 Å². The van der Waals surface area contributed by atoms with Gasteiger partial charge in [0.25, 0.3) is 0 Å². The van der Waals surface area contributed by atoms with Crippen LogP contribution in [0.25, 0.3) is 28.0 Å². The smallest absolute Gasteiger partial charge is 0.165 e. The average Bonchev–Trinajstić information content (AvgIpc) is 3.28. The Bertz CT molecular complexity index is 1290. The molecule has 7 nitrogen and oxygen atoms in total. The summed E-state index contributed by atoms with van der Waals surface area (Å²) in [5.74, 6) is 0.573. The molecule has 4 aromatic rings. The number of fused-ring (bicyclic) bond motifs is 1. The SMILES string of the molecule is CNc1c(Br)c(C(C)NC2CCOCC2)nc2c(-c3ccc(-c4ccc(F)cc4)nc3)cnn12. The summed E-state index contributed by atoms with van der Waals surface area (Å²) < 4.78 is 21.4. The maximum atomic E-state index is 13.3. The van der Waals surface area contributed by atoms with Crippen molar-refractivity contribution in [2.75, 3.05) is 25.6 Å². The van der Waals surface area contributed by atoms with E-state index in [1.807, 2.05) is 31.6 Å². The largest absolute Gasteiger partial charge is 0.381 e. The lowest BCUT2D eigenvalue weighted by atomic mass is 10.1. The summed E-state index contributed by atoms with van der Waals surface area (Å²) in [5.41, 5.74) is 5.11. The van der Waals surface area contributed by atoms with Gasteiger partial charge in [-0.1, -0.05) is 6.07 Å². The predicted octanol–water partition coefficient (Wildman–Crippen LogP) is 5.23. The highest BCUT2D eigenvalue weighted by Gasteiger charge is 2.23. The second-order valence-corrected chi connectivity index (χ2v) is 9.21. The second-order valence-electron chi connectivity index (χ2n) is 8.42. The van der Waals surface area contributed by atoms with Gasteiger partial charge in [-0.25, -0.2) is 9.37 Å². The van der Waals surface area contributed by atoms with Gasteiger partial charge in [0, 0.05) is 55.2 Å². The maximum absolute atomic E-state index is 13.3. The van der Waals surface area contributed by atoms with Crippen LogP contribution >= 0.6 is 15.9 Å². The summed E-state index contributed by atoms with van der Waals surface area (Å²) in [6.07, 6.45) is 5.60. The van der Waals surface area contributed by atoms with E-state index in [0.717, 1.165) is 70.1 Å². The molecular weight excluding hydrogens is 499 g/mol. The first-order valence-electron chi connectivity index (χ1n) is 11.4. The number of pyridine rings is 1. The van der Waals surface area contributed by atoms with Gasteiger partial charge in [0.1, 0.15) is 11.6 Å². The molecule has 9 heteroatoms. The zero-order chi connectivity index (χ0) is 23.7. The number of nitrogens with zero attached hydrogens (tertiary/aromatic N) is 4. The Morgan fingerprint density at radius 2 is 1.82 bits per heavy atom. The lowest BCUT2D eigenvalue weighted by molar-refractivity contribution is 0.0753. The van der Waals surface area contributed by atoms with Crippen molar-refractivity contribution in [2.45, 2.75) is 31.8 Å². The zero-order valence-electron chi connectivity index (χ0n) is 19.1. The fourth-order valence-electron chi connectivity index (χ4n) is 4.34. The van der Waals surface area contributed by atoms with Crippen LogP contribution in [0, 0.1) is 5.82 Å². The molecular formula is C25H26BrFN6O. The molecule has 0 bridgehead atoms. The first-order chi connectivity index (χ1) is 16.5. The molecule has 0 aliphatic carbocycles. The van der Waals surface area contributed by atoms with Crippen molar-refractivity contribution >= 4 is 27.4 Å². The Kier molecular flexibility index (Phi) is 6.58. The van der Waals surface area contributed by atoms with Crippen molar-refractivity contribution in [2.24, 2.45) is 0 Å². The molecule has 0 radical (unpaired) electrons. The average molecular weight is 525 g/mol. The van der Waals surface area contributed by atoms with Gasteiger partial charge in [-0.3, -0.25) is 4.98 Å². The highest BCUT2D eigenvalue weighted by atomic mass is 79.9. The molecule has 0 saturated carbocycles. The molecule has 1 fully saturated rings. The molecule has 1 saturated heterocycles. The Hall–Kier alpha value is -2.88. The van der Waals surface area contributed by atoms with E-state index in [1.54, 1.807) is 16.6 Å². The zero-order valence-corrected chi connectivity index (χ0v) is 20.6. The standard InChI is InChI=1S/C25H26BrFN6O/c1-15(31-19-9-11-34-12-10-19)23-22(26)25(28-2)33-24(32-23)20(14-30-33)17-5-8-21(29-13-17)16-3-6-18(27)7-4-16/h3-8,13-15,19,28,31H,9-12H2,1-2H3. The summed E-state index contributed by atoms with van der Waals surface area (Å²) in [6.45, 7) is 3.70. The van der Waals surface area contributed by atoms with Gasteiger partial charge in [0.15, 0.2) is 5.65 Å². The summed E-state index contributed by atoms with van der Waals surface area (Å²) in [5, 5.41) is 11.5. The van der Waals surface area contributed by atoms with Crippen LogP contribution in [0.2, 0.25) is 0 Å². The van der Waals surface area contributed by atoms with Crippen LogP contribution in [0.1, 0.15) is 31.5 Å². The maximum Gasteiger partial charge on any atom is 0.165 e. The summed E-state index contributed by atoms with van der Waals surface area (Å²) >= 11 is 3.74. The number of hydrogen-bond acceptors (Lipinski definition) is 6. The summed E-state index contributed by atoms with van der Waals surface area (Å²) in [4.78, 5) is 9.63. The van der Waals surface area contributed by atoms with Gasteiger partial charge in [-0.05, 0) is 66.0 Å². The van der Waals surface area contributed by atoms with Gasteiger partial charge >= 0.3 is 0 Å². The predicted molar refractivity (Wildman–Crippen MR) is 134 cm³/mol. The van der Waals surface area contributed by atoms with Crippen molar-refractivity contribution in [1.82, 2.24) is 24.9 Å². The molecule has 1 aliphatic rings. The van der Waals surface area contributed by atoms with Crippen LogP contribution < -0.4 is 10.6 Å². The third-order valence-corrected chi connectivity index (χ3v) is 6.97. The minimum Gasteiger partial charge on any atom is -0.381 e. The third-order valence-electron chi connectivity index (χ3n) is 6.18. The second kappa shape index (κ2) is 9.77. The number of halogens is 2. The quantitative estimate of drug-likeness (QED) is 0.359. The lowest BCUT2D eigenvalue weighted by Crippen LogP contribution is -2.36. The van der Waals surface area contributed by atoms with E-state index in [9.17, 15) is 4.39 Å². The first-order valence-corrected chi connectivity index (χ1v) is 12.2. The molecule has 34 heavy (non-hydrogen) atoms. The number of hydrogen-bond donors (Lipinski definition) is 2.